The number of nitrogens with zero attached hydrogens (tertiary/aromatic N) is 1. The molecule has 2 amide bonds. The molecule has 4 aromatic carbocycles. The van der Waals surface area contributed by atoms with Crippen molar-refractivity contribution in [1.82, 2.24) is 4.90 Å². The molecule has 0 aliphatic carbocycles. The van der Waals surface area contributed by atoms with E-state index < -0.39 is 0 Å². The fourth-order valence-electron chi connectivity index (χ4n) is 4.16. The molecule has 0 N–H and O–H groups in total. The van der Waals surface area contributed by atoms with E-state index in [1.807, 2.05) is 55.5 Å². The van der Waals surface area contributed by atoms with Gasteiger partial charge >= 0.3 is 0 Å². The molecule has 7 heteroatoms. The van der Waals surface area contributed by atoms with Crippen LogP contribution in [0.1, 0.15) is 23.6 Å². The van der Waals surface area contributed by atoms with Gasteiger partial charge in [0.2, 0.25) is 0 Å². The number of rotatable bonds is 8. The number of ether oxygens (including phenoxy) is 2. The predicted octanol–water partition coefficient (Wildman–Crippen LogP) is 7.71. The largest absolute Gasteiger partial charge is 0.490 e. The second-order valence-electron chi connectivity index (χ2n) is 8.43. The Hall–Kier alpha value is -3.74. The van der Waals surface area contributed by atoms with E-state index in [2.05, 4.69) is 24.3 Å². The van der Waals surface area contributed by atoms with Crippen molar-refractivity contribution in [2.75, 3.05) is 6.61 Å². The quantitative estimate of drug-likeness (QED) is 0.219. The summed E-state index contributed by atoms with van der Waals surface area (Å²) in [6.07, 6.45) is 1.70. The molecule has 1 aliphatic rings. The van der Waals surface area contributed by atoms with E-state index in [1.54, 1.807) is 18.2 Å². The van der Waals surface area contributed by atoms with E-state index in [1.165, 1.54) is 4.90 Å². The second kappa shape index (κ2) is 11.1. The number of halogens is 1. The van der Waals surface area contributed by atoms with Gasteiger partial charge in [0.25, 0.3) is 11.1 Å². The standard InChI is InChI=1S/C30H24ClNO4S/c1-2-35-27-16-20(14-15-26(27)36-19-23-11-7-10-21-8-3-5-12-24(21)23)17-28-29(33)32(30(34)37-28)18-22-9-4-6-13-25(22)31/h3-17H,2,18-19H2,1H3/b28-17-. The third-order valence-corrected chi connectivity index (χ3v) is 7.26. The number of hydrogen-bond donors (Lipinski definition) is 0. The summed E-state index contributed by atoms with van der Waals surface area (Å²) in [5, 5.41) is 2.50. The summed E-state index contributed by atoms with van der Waals surface area (Å²) >= 11 is 7.14. The highest BCUT2D eigenvalue weighted by molar-refractivity contribution is 8.18. The Bertz CT molecular complexity index is 1510. The number of hydrogen-bond acceptors (Lipinski definition) is 5. The van der Waals surface area contributed by atoms with Crippen molar-refractivity contribution in [3.8, 4) is 11.5 Å². The first-order valence-electron chi connectivity index (χ1n) is 11.9. The third-order valence-electron chi connectivity index (χ3n) is 5.99. The highest BCUT2D eigenvalue weighted by Gasteiger charge is 2.35. The van der Waals surface area contributed by atoms with E-state index in [0.29, 0.717) is 34.6 Å². The lowest BCUT2D eigenvalue weighted by Crippen LogP contribution is -2.27. The van der Waals surface area contributed by atoms with Crippen LogP contribution < -0.4 is 9.47 Å². The van der Waals surface area contributed by atoms with Gasteiger partial charge in [0, 0.05) is 5.02 Å². The Kier molecular flexibility index (Phi) is 7.49. The van der Waals surface area contributed by atoms with E-state index >= 15 is 0 Å². The summed E-state index contributed by atoms with van der Waals surface area (Å²) in [4.78, 5) is 27.1. The molecule has 0 saturated carbocycles. The van der Waals surface area contributed by atoms with Gasteiger partial charge in [-0.25, -0.2) is 0 Å². The normalized spacial score (nSPS) is 14.5. The van der Waals surface area contributed by atoms with E-state index in [9.17, 15) is 9.59 Å². The van der Waals surface area contributed by atoms with Crippen molar-refractivity contribution in [3.63, 3.8) is 0 Å². The molecule has 0 spiro atoms. The third kappa shape index (κ3) is 5.50. The van der Waals surface area contributed by atoms with Gasteiger partial charge in [0.1, 0.15) is 6.61 Å². The number of fused-ring (bicyclic) bond motifs is 1. The van der Waals surface area contributed by atoms with Crippen LogP contribution in [0.15, 0.2) is 89.8 Å². The zero-order chi connectivity index (χ0) is 25.8. The average Bonchev–Trinajstić information content (AvgIpc) is 3.17. The smallest absolute Gasteiger partial charge is 0.293 e. The van der Waals surface area contributed by atoms with E-state index in [-0.39, 0.29) is 17.7 Å². The minimum atomic E-state index is -0.343. The maximum absolute atomic E-state index is 13.0. The molecule has 1 heterocycles. The minimum absolute atomic E-state index is 0.132. The van der Waals surface area contributed by atoms with Crippen LogP contribution in [0, 0.1) is 0 Å². The summed E-state index contributed by atoms with van der Waals surface area (Å²) in [6, 6.07) is 27.0. The molecule has 0 atom stereocenters. The zero-order valence-electron chi connectivity index (χ0n) is 20.1. The van der Waals surface area contributed by atoms with Crippen LogP contribution in [-0.4, -0.2) is 22.7 Å². The number of thioether (sulfide) groups is 1. The summed E-state index contributed by atoms with van der Waals surface area (Å²) in [7, 11) is 0. The second-order valence-corrected chi connectivity index (χ2v) is 9.83. The van der Waals surface area contributed by atoms with Crippen molar-refractivity contribution >= 4 is 51.4 Å². The predicted molar refractivity (Wildman–Crippen MR) is 149 cm³/mol. The number of amides is 2. The Morgan fingerprint density at radius 1 is 0.865 bits per heavy atom. The first-order chi connectivity index (χ1) is 18.0. The van der Waals surface area contributed by atoms with Crippen molar-refractivity contribution < 1.29 is 19.1 Å². The molecule has 0 unspecified atom stereocenters. The number of carbonyl (C=O) groups is 2. The first-order valence-corrected chi connectivity index (χ1v) is 13.1. The number of carbonyl (C=O) groups excluding carboxylic acids is 2. The van der Waals surface area contributed by atoms with Crippen molar-refractivity contribution in [2.45, 2.75) is 20.1 Å². The number of imide groups is 1. The monoisotopic (exact) mass is 529 g/mol. The molecule has 1 saturated heterocycles. The summed E-state index contributed by atoms with van der Waals surface area (Å²) in [5.74, 6) is 0.842. The summed E-state index contributed by atoms with van der Waals surface area (Å²) in [6.45, 7) is 2.89. The Morgan fingerprint density at radius 2 is 1.62 bits per heavy atom. The van der Waals surface area contributed by atoms with Gasteiger partial charge in [0.05, 0.1) is 18.1 Å². The maximum atomic E-state index is 13.0. The Balaban J connectivity index is 1.35. The topological polar surface area (TPSA) is 55.8 Å². The highest BCUT2D eigenvalue weighted by atomic mass is 35.5. The first kappa shape index (κ1) is 24.9. The molecule has 0 aromatic heterocycles. The molecule has 0 bridgehead atoms. The SMILES string of the molecule is CCOc1cc(/C=C2\SC(=O)N(Cc3ccccc3Cl)C2=O)ccc1OCc1cccc2ccccc12. The van der Waals surface area contributed by atoms with Gasteiger partial charge < -0.3 is 9.47 Å². The molecule has 186 valence electrons. The molecule has 0 radical (unpaired) electrons. The van der Waals surface area contributed by atoms with Gasteiger partial charge in [-0.2, -0.15) is 0 Å². The highest BCUT2D eigenvalue weighted by Crippen LogP contribution is 2.36. The molecular weight excluding hydrogens is 506 g/mol. The number of benzene rings is 4. The molecular formula is C30H24ClNO4S. The molecule has 4 aromatic rings. The van der Waals surface area contributed by atoms with Crippen LogP contribution in [0.4, 0.5) is 4.79 Å². The average molecular weight is 530 g/mol. The van der Waals surface area contributed by atoms with Crippen molar-refractivity contribution in [2.24, 2.45) is 0 Å². The van der Waals surface area contributed by atoms with Crippen molar-refractivity contribution in [3.05, 3.63) is 112 Å². The lowest BCUT2D eigenvalue weighted by atomic mass is 10.1. The fourth-order valence-corrected chi connectivity index (χ4v) is 5.19. The van der Waals surface area contributed by atoms with Crippen LogP contribution in [0.2, 0.25) is 5.02 Å². The van der Waals surface area contributed by atoms with Crippen LogP contribution in [-0.2, 0) is 17.9 Å². The van der Waals surface area contributed by atoms with Gasteiger partial charge in [-0.3, -0.25) is 14.5 Å². The molecule has 1 aliphatic heterocycles. The Morgan fingerprint density at radius 3 is 2.46 bits per heavy atom. The van der Waals surface area contributed by atoms with E-state index in [0.717, 1.165) is 39.2 Å². The minimum Gasteiger partial charge on any atom is -0.490 e. The van der Waals surface area contributed by atoms with Crippen LogP contribution in [0.25, 0.3) is 16.8 Å². The lowest BCUT2D eigenvalue weighted by Gasteiger charge is -2.14. The fraction of sp³-hybridized carbons (Fsp3) is 0.133. The van der Waals surface area contributed by atoms with Crippen LogP contribution >= 0.6 is 23.4 Å². The molecule has 1 fully saturated rings. The van der Waals surface area contributed by atoms with Gasteiger partial charge in [-0.15, -0.1) is 0 Å². The maximum Gasteiger partial charge on any atom is 0.293 e. The van der Waals surface area contributed by atoms with Gasteiger partial charge in [0.15, 0.2) is 11.5 Å². The molecule has 5 rings (SSSR count). The summed E-state index contributed by atoms with van der Waals surface area (Å²) in [5.41, 5.74) is 2.54. The van der Waals surface area contributed by atoms with Gasteiger partial charge in [-0.1, -0.05) is 78.3 Å². The van der Waals surface area contributed by atoms with E-state index in [4.69, 9.17) is 21.1 Å². The lowest BCUT2D eigenvalue weighted by molar-refractivity contribution is -0.123. The van der Waals surface area contributed by atoms with Gasteiger partial charge in [-0.05, 0) is 70.4 Å². The van der Waals surface area contributed by atoms with Crippen LogP contribution in [0.3, 0.4) is 0 Å². The van der Waals surface area contributed by atoms with Crippen LogP contribution in [0.5, 0.6) is 11.5 Å². The van der Waals surface area contributed by atoms with Crippen molar-refractivity contribution in [1.29, 1.82) is 0 Å². The molecule has 37 heavy (non-hydrogen) atoms. The molecule has 5 nitrogen and oxygen atoms in total. The summed E-state index contributed by atoms with van der Waals surface area (Å²) < 4.78 is 12.0. The Labute approximate surface area is 224 Å². The zero-order valence-corrected chi connectivity index (χ0v) is 21.7.